The van der Waals surface area contributed by atoms with Gasteiger partial charge in [-0.2, -0.15) is 0 Å². The molecule has 0 radical (unpaired) electrons. The van der Waals surface area contributed by atoms with Crippen molar-refractivity contribution in [3.8, 4) is 0 Å². The Kier molecular flexibility index (Phi) is 6.48. The number of carbonyl (C=O) groups excluding carboxylic acids is 1. The Bertz CT molecular complexity index is 857. The fourth-order valence-corrected chi connectivity index (χ4v) is 3.76. The van der Waals surface area contributed by atoms with Crippen molar-refractivity contribution in [3.05, 3.63) is 63.1 Å². The van der Waals surface area contributed by atoms with E-state index in [-0.39, 0.29) is 21.5 Å². The lowest BCUT2D eigenvalue weighted by atomic mass is 10.2. The summed E-state index contributed by atoms with van der Waals surface area (Å²) in [7, 11) is -3.95. The maximum absolute atomic E-state index is 12.2. The van der Waals surface area contributed by atoms with Crippen molar-refractivity contribution < 1.29 is 13.2 Å². The molecule has 2 aromatic carbocycles. The van der Waals surface area contributed by atoms with E-state index in [2.05, 4.69) is 10.0 Å². The first-order chi connectivity index (χ1) is 11.3. The molecule has 128 valence electrons. The highest BCUT2D eigenvalue weighted by atomic mass is 35.5. The van der Waals surface area contributed by atoms with Crippen LogP contribution in [0.4, 0.5) is 0 Å². The lowest BCUT2D eigenvalue weighted by Crippen LogP contribution is -2.36. The number of hydrogen-bond donors (Lipinski definition) is 2. The van der Waals surface area contributed by atoms with Crippen LogP contribution in [0.15, 0.2) is 47.4 Å². The number of rotatable bonds is 6. The van der Waals surface area contributed by atoms with Crippen LogP contribution in [-0.4, -0.2) is 20.9 Å². The van der Waals surface area contributed by atoms with Gasteiger partial charge in [-0.15, -0.1) is 0 Å². The number of halogens is 3. The molecule has 0 saturated heterocycles. The number of hydrogen-bond acceptors (Lipinski definition) is 3. The van der Waals surface area contributed by atoms with E-state index in [9.17, 15) is 13.2 Å². The van der Waals surface area contributed by atoms with E-state index in [0.717, 1.165) is 5.56 Å². The summed E-state index contributed by atoms with van der Waals surface area (Å²) in [6.45, 7) is -0.242. The van der Waals surface area contributed by atoms with Gasteiger partial charge in [-0.25, -0.2) is 13.1 Å². The minimum atomic E-state index is -3.95. The molecule has 24 heavy (non-hydrogen) atoms. The molecule has 0 aliphatic heterocycles. The van der Waals surface area contributed by atoms with Crippen molar-refractivity contribution >= 4 is 50.7 Å². The van der Waals surface area contributed by atoms with Gasteiger partial charge in [0.2, 0.25) is 15.9 Å². The highest BCUT2D eigenvalue weighted by Crippen LogP contribution is 2.24. The monoisotopic (exact) mass is 406 g/mol. The third-order valence-electron chi connectivity index (χ3n) is 3.04. The third kappa shape index (κ3) is 5.09. The minimum absolute atomic E-state index is 0.0170. The molecular formula is C15H13Cl3N2O3S. The second kappa shape index (κ2) is 8.18. The standard InChI is InChI=1S/C15H13Cl3N2O3S/c16-11-5-6-13(18)14(7-11)24(22,23)20-9-15(21)19-8-10-3-1-2-4-12(10)17/h1-7,20H,8-9H2,(H,19,21). The Hall–Kier alpha value is -1.31. The van der Waals surface area contributed by atoms with Gasteiger partial charge >= 0.3 is 0 Å². The topological polar surface area (TPSA) is 75.3 Å². The molecule has 9 heteroatoms. The highest BCUT2D eigenvalue weighted by molar-refractivity contribution is 7.89. The smallest absolute Gasteiger partial charge is 0.242 e. The number of amides is 1. The predicted octanol–water partition coefficient (Wildman–Crippen LogP) is 3.24. The molecule has 0 aromatic heterocycles. The zero-order chi connectivity index (χ0) is 17.7. The number of sulfonamides is 1. The average Bonchev–Trinajstić information content (AvgIpc) is 2.54. The molecule has 5 nitrogen and oxygen atoms in total. The molecule has 0 bridgehead atoms. The summed E-state index contributed by atoms with van der Waals surface area (Å²) in [5.41, 5.74) is 0.730. The summed E-state index contributed by atoms with van der Waals surface area (Å²) in [6, 6.07) is 11.1. The Labute approximate surface area is 155 Å². The van der Waals surface area contributed by atoms with Crippen LogP contribution in [-0.2, 0) is 21.4 Å². The molecule has 0 aliphatic carbocycles. The second-order valence-electron chi connectivity index (χ2n) is 4.77. The lowest BCUT2D eigenvalue weighted by molar-refractivity contribution is -0.120. The van der Waals surface area contributed by atoms with Gasteiger partial charge in [-0.05, 0) is 29.8 Å². The van der Waals surface area contributed by atoms with E-state index in [1.807, 2.05) is 0 Å². The first-order valence-corrected chi connectivity index (χ1v) is 9.36. The first kappa shape index (κ1) is 19.0. The summed E-state index contributed by atoms with van der Waals surface area (Å²) < 4.78 is 26.5. The summed E-state index contributed by atoms with van der Waals surface area (Å²) in [5, 5.41) is 3.34. The van der Waals surface area contributed by atoms with Crippen molar-refractivity contribution in [2.45, 2.75) is 11.4 Å². The first-order valence-electron chi connectivity index (χ1n) is 6.74. The highest BCUT2D eigenvalue weighted by Gasteiger charge is 2.19. The maximum Gasteiger partial charge on any atom is 0.242 e. The van der Waals surface area contributed by atoms with Gasteiger partial charge in [0.15, 0.2) is 0 Å². The average molecular weight is 408 g/mol. The Morgan fingerprint density at radius 3 is 2.42 bits per heavy atom. The SMILES string of the molecule is O=C(CNS(=O)(=O)c1cc(Cl)ccc1Cl)NCc1ccccc1Cl. The predicted molar refractivity (Wildman–Crippen MR) is 94.9 cm³/mol. The Balaban J connectivity index is 1.95. The van der Waals surface area contributed by atoms with Crippen LogP contribution < -0.4 is 10.0 Å². The minimum Gasteiger partial charge on any atom is -0.351 e. The molecule has 1 amide bonds. The molecular weight excluding hydrogens is 395 g/mol. The summed E-state index contributed by atoms with van der Waals surface area (Å²) in [5.74, 6) is -0.503. The van der Waals surface area contributed by atoms with E-state index < -0.39 is 22.5 Å². The molecule has 0 saturated carbocycles. The second-order valence-corrected chi connectivity index (χ2v) is 7.75. The van der Waals surface area contributed by atoms with Crippen molar-refractivity contribution in [2.75, 3.05) is 6.54 Å². The van der Waals surface area contributed by atoms with E-state index in [4.69, 9.17) is 34.8 Å². The lowest BCUT2D eigenvalue weighted by Gasteiger charge is -2.10. The molecule has 0 aliphatic rings. The zero-order valence-corrected chi connectivity index (χ0v) is 15.3. The molecule has 2 N–H and O–H groups in total. The van der Waals surface area contributed by atoms with Gasteiger partial charge in [-0.3, -0.25) is 4.79 Å². The number of benzene rings is 2. The number of nitrogens with one attached hydrogen (secondary N) is 2. The summed E-state index contributed by atoms with van der Waals surface area (Å²) in [4.78, 5) is 11.6. The van der Waals surface area contributed by atoms with Gasteiger partial charge in [0.25, 0.3) is 0 Å². The normalized spacial score (nSPS) is 11.3. The maximum atomic E-state index is 12.2. The van der Waals surface area contributed by atoms with Crippen LogP contribution in [0.25, 0.3) is 0 Å². The van der Waals surface area contributed by atoms with Crippen LogP contribution in [0, 0.1) is 0 Å². The molecule has 0 fully saturated rings. The number of carbonyl (C=O) groups is 1. The molecule has 2 rings (SSSR count). The van der Waals surface area contributed by atoms with E-state index in [0.29, 0.717) is 5.02 Å². The van der Waals surface area contributed by atoms with Crippen LogP contribution in [0.1, 0.15) is 5.56 Å². The van der Waals surface area contributed by atoms with Crippen molar-refractivity contribution in [1.29, 1.82) is 0 Å². The third-order valence-corrected chi connectivity index (χ3v) is 5.53. The summed E-state index contributed by atoms with van der Waals surface area (Å²) in [6.07, 6.45) is 0. The molecule has 0 heterocycles. The fourth-order valence-electron chi connectivity index (χ4n) is 1.82. The van der Waals surface area contributed by atoms with Gasteiger partial charge in [0.1, 0.15) is 4.90 Å². The van der Waals surface area contributed by atoms with E-state index >= 15 is 0 Å². The van der Waals surface area contributed by atoms with Gasteiger partial charge in [0, 0.05) is 16.6 Å². The quantitative estimate of drug-likeness (QED) is 0.772. The molecule has 2 aromatic rings. The summed E-state index contributed by atoms with van der Waals surface area (Å²) >= 11 is 17.6. The van der Waals surface area contributed by atoms with Crippen molar-refractivity contribution in [3.63, 3.8) is 0 Å². The van der Waals surface area contributed by atoms with E-state index in [1.165, 1.54) is 18.2 Å². The van der Waals surface area contributed by atoms with Crippen LogP contribution in [0.5, 0.6) is 0 Å². The van der Waals surface area contributed by atoms with Gasteiger partial charge in [-0.1, -0.05) is 53.0 Å². The fraction of sp³-hybridized carbons (Fsp3) is 0.133. The molecule has 0 unspecified atom stereocenters. The van der Waals surface area contributed by atoms with Crippen molar-refractivity contribution in [1.82, 2.24) is 10.0 Å². The van der Waals surface area contributed by atoms with Crippen LogP contribution in [0.3, 0.4) is 0 Å². The van der Waals surface area contributed by atoms with Crippen molar-refractivity contribution in [2.24, 2.45) is 0 Å². The Morgan fingerprint density at radius 2 is 1.71 bits per heavy atom. The zero-order valence-electron chi connectivity index (χ0n) is 12.2. The molecule has 0 spiro atoms. The van der Waals surface area contributed by atoms with Crippen LogP contribution in [0.2, 0.25) is 15.1 Å². The Morgan fingerprint density at radius 1 is 1.00 bits per heavy atom. The van der Waals surface area contributed by atoms with E-state index in [1.54, 1.807) is 24.3 Å². The largest absolute Gasteiger partial charge is 0.351 e. The van der Waals surface area contributed by atoms with Gasteiger partial charge < -0.3 is 5.32 Å². The molecule has 0 atom stereocenters. The van der Waals surface area contributed by atoms with Crippen LogP contribution >= 0.6 is 34.8 Å². The van der Waals surface area contributed by atoms with Gasteiger partial charge in [0.05, 0.1) is 11.6 Å².